The Hall–Kier alpha value is -2.70. The van der Waals surface area contributed by atoms with Crippen molar-refractivity contribution >= 4 is 27.5 Å². The second-order valence-corrected chi connectivity index (χ2v) is 9.06. The number of fused-ring (bicyclic) bond motifs is 1. The fraction of sp³-hybridized carbons (Fsp3) is 0.333. The number of carbonyl (C=O) groups is 1. The Morgan fingerprint density at radius 3 is 2.60 bits per heavy atom. The fourth-order valence-corrected chi connectivity index (χ4v) is 4.99. The summed E-state index contributed by atoms with van der Waals surface area (Å²) in [6.07, 6.45) is 4.77. The molecule has 5 nitrogen and oxygen atoms in total. The highest BCUT2D eigenvalue weighted by molar-refractivity contribution is 7.20. The highest BCUT2D eigenvalue weighted by Gasteiger charge is 2.41. The summed E-state index contributed by atoms with van der Waals surface area (Å²) in [6.45, 7) is 4.75. The van der Waals surface area contributed by atoms with Crippen LogP contribution >= 0.6 is 11.3 Å². The van der Waals surface area contributed by atoms with Gasteiger partial charge in [-0.1, -0.05) is 35.6 Å². The molecule has 0 radical (unpaired) electrons. The van der Waals surface area contributed by atoms with Crippen molar-refractivity contribution in [3.63, 3.8) is 0 Å². The molecule has 1 aromatic heterocycles. The van der Waals surface area contributed by atoms with E-state index in [1.807, 2.05) is 43.3 Å². The molecule has 0 bridgehead atoms. The van der Waals surface area contributed by atoms with Gasteiger partial charge in [-0.3, -0.25) is 0 Å². The molecule has 0 N–H and O–H groups in total. The van der Waals surface area contributed by atoms with E-state index in [0.29, 0.717) is 5.19 Å². The van der Waals surface area contributed by atoms with Gasteiger partial charge in [0.1, 0.15) is 11.4 Å². The first-order valence-corrected chi connectivity index (χ1v) is 11.2. The van der Waals surface area contributed by atoms with Gasteiger partial charge < -0.3 is 14.4 Å². The monoisotopic (exact) mass is 420 g/mol. The lowest BCUT2D eigenvalue weighted by Gasteiger charge is -2.37. The average Bonchev–Trinajstić information content (AvgIpc) is 3.28. The number of likely N-dealkylation sites (tertiary alicyclic amines) is 1. The number of esters is 1. The van der Waals surface area contributed by atoms with E-state index in [1.54, 1.807) is 11.3 Å². The summed E-state index contributed by atoms with van der Waals surface area (Å²) in [5.41, 5.74) is 2.65. The topological polar surface area (TPSA) is 51.7 Å². The van der Waals surface area contributed by atoms with Crippen LogP contribution in [0.4, 0.5) is 0 Å². The fourth-order valence-electron chi connectivity index (χ4n) is 4.16. The van der Waals surface area contributed by atoms with E-state index >= 15 is 0 Å². The van der Waals surface area contributed by atoms with Crippen LogP contribution in [0.3, 0.4) is 0 Å². The standard InChI is InChI=1S/C24H24N2O3S/c1-17-16-24(29-22(17)27)11-14-26(15-12-24)13-10-18-6-8-19(9-7-18)28-23-25-20-4-2-3-5-21(20)30-23/h2-9,16H,10-15H2,1H3. The van der Waals surface area contributed by atoms with E-state index in [9.17, 15) is 4.79 Å². The number of piperidine rings is 1. The first-order chi connectivity index (χ1) is 14.6. The van der Waals surface area contributed by atoms with E-state index < -0.39 is 0 Å². The summed E-state index contributed by atoms with van der Waals surface area (Å²) in [5.74, 6) is 0.652. The van der Waals surface area contributed by atoms with Crippen LogP contribution in [-0.4, -0.2) is 41.1 Å². The summed E-state index contributed by atoms with van der Waals surface area (Å²) in [6, 6.07) is 16.3. The molecule has 0 saturated carbocycles. The van der Waals surface area contributed by atoms with Crippen molar-refractivity contribution in [2.24, 2.45) is 0 Å². The van der Waals surface area contributed by atoms with Crippen LogP contribution in [0.5, 0.6) is 10.9 Å². The molecule has 30 heavy (non-hydrogen) atoms. The molecule has 2 aromatic carbocycles. The molecule has 154 valence electrons. The Bertz CT molecular complexity index is 1060. The molecule has 0 aliphatic carbocycles. The van der Waals surface area contributed by atoms with Gasteiger partial charge in [-0.05, 0) is 49.2 Å². The van der Waals surface area contributed by atoms with Crippen LogP contribution < -0.4 is 4.74 Å². The van der Waals surface area contributed by atoms with Crippen molar-refractivity contribution < 1.29 is 14.3 Å². The summed E-state index contributed by atoms with van der Waals surface area (Å²) in [5, 5.41) is 0.670. The normalized spacial score (nSPS) is 18.6. The Kier molecular flexibility index (Phi) is 5.05. The van der Waals surface area contributed by atoms with Gasteiger partial charge in [0, 0.05) is 38.0 Å². The average molecular weight is 421 g/mol. The summed E-state index contributed by atoms with van der Waals surface area (Å²) >= 11 is 1.56. The molecule has 2 aliphatic heterocycles. The number of ether oxygens (including phenoxy) is 2. The molecule has 0 atom stereocenters. The zero-order valence-corrected chi connectivity index (χ0v) is 17.8. The van der Waals surface area contributed by atoms with Gasteiger partial charge in [-0.15, -0.1) is 0 Å². The minimum absolute atomic E-state index is 0.156. The van der Waals surface area contributed by atoms with Crippen LogP contribution in [0.15, 0.2) is 60.2 Å². The number of thiazole rings is 1. The van der Waals surface area contributed by atoms with Crippen LogP contribution in [0.1, 0.15) is 25.3 Å². The predicted octanol–water partition coefficient (Wildman–Crippen LogP) is 4.97. The van der Waals surface area contributed by atoms with Crippen LogP contribution in [-0.2, 0) is 16.0 Å². The first-order valence-electron chi connectivity index (χ1n) is 10.4. The van der Waals surface area contributed by atoms with Crippen molar-refractivity contribution in [3.8, 4) is 10.9 Å². The molecule has 1 spiro atoms. The third kappa shape index (κ3) is 3.98. The van der Waals surface area contributed by atoms with Crippen LogP contribution in [0.2, 0.25) is 0 Å². The molecular formula is C24H24N2O3S. The number of carbonyl (C=O) groups excluding carboxylic acids is 1. The van der Waals surface area contributed by atoms with Gasteiger partial charge in [-0.2, -0.15) is 0 Å². The van der Waals surface area contributed by atoms with Crippen molar-refractivity contribution in [2.45, 2.75) is 31.8 Å². The summed E-state index contributed by atoms with van der Waals surface area (Å²) in [7, 11) is 0. The highest BCUT2D eigenvalue weighted by atomic mass is 32.1. The molecule has 3 aromatic rings. The maximum absolute atomic E-state index is 11.7. The van der Waals surface area contributed by atoms with Gasteiger partial charge in [-0.25, -0.2) is 9.78 Å². The second kappa shape index (κ2) is 7.85. The highest BCUT2D eigenvalue weighted by Crippen LogP contribution is 2.34. The number of aromatic nitrogens is 1. The Morgan fingerprint density at radius 2 is 1.90 bits per heavy atom. The number of hydrogen-bond acceptors (Lipinski definition) is 6. The molecule has 5 rings (SSSR count). The van der Waals surface area contributed by atoms with Gasteiger partial charge in [0.2, 0.25) is 0 Å². The summed E-state index contributed by atoms with van der Waals surface area (Å²) < 4.78 is 12.7. The third-order valence-electron chi connectivity index (χ3n) is 5.92. The SMILES string of the molecule is CC1=CC2(CCN(CCc3ccc(Oc4nc5ccccc5s4)cc3)CC2)OC1=O. The Labute approximate surface area is 179 Å². The second-order valence-electron chi connectivity index (χ2n) is 8.07. The lowest BCUT2D eigenvalue weighted by atomic mass is 9.91. The molecule has 6 heteroatoms. The van der Waals surface area contributed by atoms with E-state index in [1.165, 1.54) is 5.56 Å². The smallest absolute Gasteiger partial charge is 0.334 e. The maximum atomic E-state index is 11.7. The van der Waals surface area contributed by atoms with E-state index in [4.69, 9.17) is 9.47 Å². The van der Waals surface area contributed by atoms with Crippen molar-refractivity contribution in [1.29, 1.82) is 0 Å². The van der Waals surface area contributed by atoms with Crippen molar-refractivity contribution in [1.82, 2.24) is 9.88 Å². The number of rotatable bonds is 5. The molecular weight excluding hydrogens is 396 g/mol. The predicted molar refractivity (Wildman–Crippen MR) is 118 cm³/mol. The Balaban J connectivity index is 1.13. The van der Waals surface area contributed by atoms with Crippen molar-refractivity contribution in [2.75, 3.05) is 19.6 Å². The van der Waals surface area contributed by atoms with Gasteiger partial charge in [0.25, 0.3) is 5.19 Å². The quantitative estimate of drug-likeness (QED) is 0.546. The zero-order chi connectivity index (χ0) is 20.6. The number of nitrogens with zero attached hydrogens (tertiary/aromatic N) is 2. The van der Waals surface area contributed by atoms with Gasteiger partial charge in [0.05, 0.1) is 10.2 Å². The molecule has 0 unspecified atom stereocenters. The molecule has 3 heterocycles. The number of para-hydroxylation sites is 1. The number of benzene rings is 2. The molecule has 2 aliphatic rings. The minimum Gasteiger partial charge on any atom is -0.451 e. The Morgan fingerprint density at radius 1 is 1.13 bits per heavy atom. The zero-order valence-electron chi connectivity index (χ0n) is 17.0. The van der Waals surface area contributed by atoms with E-state index in [0.717, 1.165) is 60.4 Å². The third-order valence-corrected chi connectivity index (χ3v) is 6.83. The molecule has 0 amide bonds. The van der Waals surface area contributed by atoms with E-state index in [-0.39, 0.29) is 11.6 Å². The van der Waals surface area contributed by atoms with Crippen LogP contribution in [0.25, 0.3) is 10.2 Å². The minimum atomic E-state index is -0.350. The lowest BCUT2D eigenvalue weighted by molar-refractivity contribution is -0.149. The maximum Gasteiger partial charge on any atom is 0.334 e. The lowest BCUT2D eigenvalue weighted by Crippen LogP contribution is -2.44. The largest absolute Gasteiger partial charge is 0.451 e. The number of hydrogen-bond donors (Lipinski definition) is 0. The summed E-state index contributed by atoms with van der Waals surface area (Å²) in [4.78, 5) is 18.7. The van der Waals surface area contributed by atoms with Crippen LogP contribution in [0, 0.1) is 0 Å². The molecule has 1 fully saturated rings. The van der Waals surface area contributed by atoms with Gasteiger partial charge >= 0.3 is 5.97 Å². The van der Waals surface area contributed by atoms with Gasteiger partial charge in [0.15, 0.2) is 0 Å². The molecule has 1 saturated heterocycles. The van der Waals surface area contributed by atoms with E-state index in [2.05, 4.69) is 28.1 Å². The first kappa shape index (κ1) is 19.3. The van der Waals surface area contributed by atoms with Crippen molar-refractivity contribution in [3.05, 3.63) is 65.7 Å².